The fourth-order valence-electron chi connectivity index (χ4n) is 7.68. The summed E-state index contributed by atoms with van der Waals surface area (Å²) in [5, 5.41) is 21.7. The first-order valence-corrected chi connectivity index (χ1v) is 13.5. The largest absolute Gasteiger partial charge is 0.462 e. The third kappa shape index (κ3) is 3.48. The Morgan fingerprint density at radius 3 is 2.61 bits per heavy atom. The maximum Gasteiger partial charge on any atom is 0.331 e. The smallest absolute Gasteiger partial charge is 0.331 e. The lowest BCUT2D eigenvalue weighted by Gasteiger charge is -2.58. The molecule has 3 saturated heterocycles. The third-order valence-corrected chi connectivity index (χ3v) is 10.1. The Morgan fingerprint density at radius 1 is 1.08 bits per heavy atom. The first-order chi connectivity index (χ1) is 18.1. The zero-order chi connectivity index (χ0) is 26.9. The van der Waals surface area contributed by atoms with Crippen LogP contribution in [0.25, 0.3) is 0 Å². The lowest BCUT2D eigenvalue weighted by atomic mass is 9.51. The summed E-state index contributed by atoms with van der Waals surface area (Å²) < 4.78 is 30.6. The van der Waals surface area contributed by atoms with E-state index < -0.39 is 52.3 Å². The van der Waals surface area contributed by atoms with E-state index in [2.05, 4.69) is 19.9 Å². The Balaban J connectivity index is 1.44. The average molecular weight is 529 g/mol. The third-order valence-electron chi connectivity index (χ3n) is 10.1. The van der Waals surface area contributed by atoms with E-state index in [9.17, 15) is 19.8 Å². The molecule has 4 bridgehead atoms. The van der Waals surface area contributed by atoms with Crippen LogP contribution in [0.5, 0.6) is 0 Å². The molecule has 6 aliphatic rings. The van der Waals surface area contributed by atoms with Gasteiger partial charge in [0.2, 0.25) is 0 Å². The van der Waals surface area contributed by atoms with Crippen molar-refractivity contribution in [3.8, 4) is 0 Å². The van der Waals surface area contributed by atoms with Gasteiger partial charge in [-0.05, 0) is 44.8 Å². The van der Waals surface area contributed by atoms with Crippen molar-refractivity contribution < 1.29 is 43.5 Å². The van der Waals surface area contributed by atoms with Crippen molar-refractivity contribution in [2.75, 3.05) is 19.8 Å². The number of cyclic esters (lactones) is 1. The molecule has 206 valence electrons. The van der Waals surface area contributed by atoms with Gasteiger partial charge in [0, 0.05) is 24.0 Å². The molecular weight excluding hydrogens is 492 g/mol. The molecule has 0 aromatic rings. The molecule has 9 nitrogen and oxygen atoms in total. The summed E-state index contributed by atoms with van der Waals surface area (Å²) in [5.41, 5.74) is -1.76. The van der Waals surface area contributed by atoms with Crippen LogP contribution in [0.2, 0.25) is 0 Å². The van der Waals surface area contributed by atoms with Crippen molar-refractivity contribution >= 4 is 11.9 Å². The standard InChI is InChI=1S/C29H36O9/c1-17-7-10-27-15-34-24(32)13-19-8-11-35-28(18(2)30,25(19)33)9-5-4-6-23(31)38-20-14-22(37-21(27)12-17)29(16-36-29)26(20,27)3/h4-6,9,12-13,18,20-22,25,30,33H,7-8,10-11,14-16H2,1-3H3/b6-4-,9-5+,19-13+/t18?,20?,21?,22-,25?,26-,27?,28?,29?/m1/s1. The van der Waals surface area contributed by atoms with Gasteiger partial charge in [-0.15, -0.1) is 0 Å². The van der Waals surface area contributed by atoms with E-state index in [1.54, 1.807) is 6.08 Å². The maximum absolute atomic E-state index is 13.2. The van der Waals surface area contributed by atoms with Crippen LogP contribution in [0.4, 0.5) is 0 Å². The zero-order valence-corrected chi connectivity index (χ0v) is 22.1. The van der Waals surface area contributed by atoms with Crippen LogP contribution in [0.1, 0.15) is 46.5 Å². The van der Waals surface area contributed by atoms with Gasteiger partial charge in [-0.1, -0.05) is 30.7 Å². The minimum absolute atomic E-state index is 0.0519. The number of ether oxygens (including phenoxy) is 5. The molecule has 4 aliphatic heterocycles. The number of aliphatic hydroxyl groups is 2. The zero-order valence-electron chi connectivity index (χ0n) is 22.1. The molecule has 2 aliphatic carbocycles. The Labute approximate surface area is 222 Å². The number of fused-ring (bicyclic) bond motifs is 2. The fraction of sp³-hybridized carbons (Fsp3) is 0.655. The molecule has 4 fully saturated rings. The summed E-state index contributed by atoms with van der Waals surface area (Å²) in [4.78, 5) is 26.2. The minimum atomic E-state index is -1.47. The van der Waals surface area contributed by atoms with Crippen LogP contribution in [0.15, 0.2) is 47.6 Å². The highest BCUT2D eigenvalue weighted by atomic mass is 16.6. The lowest BCUT2D eigenvalue weighted by molar-refractivity contribution is -0.232. The van der Waals surface area contributed by atoms with Crippen LogP contribution in [0, 0.1) is 10.8 Å². The molecule has 0 radical (unpaired) electrons. The number of carbonyl (C=O) groups is 2. The Bertz CT molecular complexity index is 1150. The summed E-state index contributed by atoms with van der Waals surface area (Å²) in [6, 6.07) is 0. The van der Waals surface area contributed by atoms with Crippen molar-refractivity contribution in [2.45, 2.75) is 88.2 Å². The van der Waals surface area contributed by atoms with Gasteiger partial charge in [0.1, 0.15) is 30.0 Å². The molecule has 6 rings (SSSR count). The lowest BCUT2D eigenvalue weighted by Crippen LogP contribution is -2.66. The van der Waals surface area contributed by atoms with Crippen molar-refractivity contribution in [3.05, 3.63) is 47.6 Å². The van der Waals surface area contributed by atoms with E-state index in [1.165, 1.54) is 36.8 Å². The topological polar surface area (TPSA) is 124 Å². The molecule has 38 heavy (non-hydrogen) atoms. The summed E-state index contributed by atoms with van der Waals surface area (Å²) >= 11 is 0. The van der Waals surface area contributed by atoms with E-state index >= 15 is 0 Å². The first kappa shape index (κ1) is 26.0. The molecule has 7 unspecified atom stereocenters. The van der Waals surface area contributed by atoms with Crippen molar-refractivity contribution in [3.63, 3.8) is 0 Å². The van der Waals surface area contributed by atoms with Gasteiger partial charge in [-0.2, -0.15) is 0 Å². The number of hydrogen-bond acceptors (Lipinski definition) is 9. The summed E-state index contributed by atoms with van der Waals surface area (Å²) in [6.45, 7) is 6.43. The highest BCUT2D eigenvalue weighted by Crippen LogP contribution is 2.72. The second kappa shape index (κ2) is 8.86. The molecule has 1 saturated carbocycles. The maximum atomic E-state index is 13.2. The molecule has 0 amide bonds. The summed E-state index contributed by atoms with van der Waals surface area (Å²) in [5.74, 6) is -1.10. The van der Waals surface area contributed by atoms with Crippen LogP contribution in [0.3, 0.4) is 0 Å². The van der Waals surface area contributed by atoms with Crippen molar-refractivity contribution in [1.82, 2.24) is 0 Å². The van der Waals surface area contributed by atoms with Crippen molar-refractivity contribution in [2.24, 2.45) is 10.8 Å². The van der Waals surface area contributed by atoms with Crippen LogP contribution < -0.4 is 0 Å². The normalized spacial score (nSPS) is 50.0. The van der Waals surface area contributed by atoms with E-state index in [4.69, 9.17) is 23.7 Å². The van der Waals surface area contributed by atoms with Crippen molar-refractivity contribution in [1.29, 1.82) is 0 Å². The van der Waals surface area contributed by atoms with E-state index in [1.807, 2.05) is 0 Å². The van der Waals surface area contributed by atoms with Gasteiger partial charge in [0.05, 0.1) is 36.9 Å². The van der Waals surface area contributed by atoms with Gasteiger partial charge in [-0.25, -0.2) is 9.59 Å². The Morgan fingerprint density at radius 2 is 1.87 bits per heavy atom. The predicted molar refractivity (Wildman–Crippen MR) is 134 cm³/mol. The summed E-state index contributed by atoms with van der Waals surface area (Å²) in [7, 11) is 0. The summed E-state index contributed by atoms with van der Waals surface area (Å²) in [6.07, 6.45) is 8.21. The molecule has 9 atom stereocenters. The SMILES string of the molecule is CC1=CC2O[C@@H]3CC4OC(=O)/C=C\C=C\C5(C(C)O)OCC/C(=C\C(=O)OCC2(CC1)[C@]4(C)C31CO1)C5O. The number of epoxide rings is 1. The number of carbonyl (C=O) groups excluding carboxylic acids is 2. The average Bonchev–Trinajstić information content (AvgIpc) is 3.65. The van der Waals surface area contributed by atoms with Crippen LogP contribution in [-0.2, 0) is 33.3 Å². The van der Waals surface area contributed by atoms with Gasteiger partial charge in [0.25, 0.3) is 0 Å². The number of allylic oxidation sites excluding steroid dienone is 3. The number of hydrogen-bond donors (Lipinski definition) is 2. The molecule has 0 aromatic heterocycles. The second-order valence-electron chi connectivity index (χ2n) is 11.8. The molecule has 4 heterocycles. The van der Waals surface area contributed by atoms with E-state index in [0.29, 0.717) is 31.4 Å². The highest BCUT2D eigenvalue weighted by Gasteiger charge is 2.83. The van der Waals surface area contributed by atoms with Crippen LogP contribution >= 0.6 is 0 Å². The molecule has 9 heteroatoms. The Kier molecular flexibility index (Phi) is 6.05. The van der Waals surface area contributed by atoms with E-state index in [-0.39, 0.29) is 25.4 Å². The van der Waals surface area contributed by atoms with Gasteiger partial charge in [0.15, 0.2) is 0 Å². The highest BCUT2D eigenvalue weighted by molar-refractivity contribution is 5.83. The number of rotatable bonds is 1. The van der Waals surface area contributed by atoms with Crippen LogP contribution in [-0.4, -0.2) is 83.7 Å². The van der Waals surface area contributed by atoms with Gasteiger partial charge < -0.3 is 33.9 Å². The van der Waals surface area contributed by atoms with E-state index in [0.717, 1.165) is 6.42 Å². The predicted octanol–water partition coefficient (Wildman–Crippen LogP) is 2.07. The quantitative estimate of drug-likeness (QED) is 0.299. The van der Waals surface area contributed by atoms with Gasteiger partial charge >= 0.3 is 11.9 Å². The molecule has 2 N–H and O–H groups in total. The molecule has 2 spiro atoms. The fourth-order valence-corrected chi connectivity index (χ4v) is 7.68. The monoisotopic (exact) mass is 528 g/mol. The Hall–Kier alpha value is -2.30. The number of esters is 2. The molecular formula is C29H36O9. The first-order valence-electron chi connectivity index (χ1n) is 13.5. The minimum Gasteiger partial charge on any atom is -0.462 e. The number of aliphatic hydroxyl groups excluding tert-OH is 2. The second-order valence-corrected chi connectivity index (χ2v) is 11.8. The molecule has 0 aromatic carbocycles. The van der Waals surface area contributed by atoms with Gasteiger partial charge in [-0.3, -0.25) is 0 Å².